The van der Waals surface area contributed by atoms with Gasteiger partial charge < -0.3 is 10.1 Å². The third-order valence-corrected chi connectivity index (χ3v) is 2.51. The average molecular weight is 246 g/mol. The van der Waals surface area contributed by atoms with Crippen LogP contribution in [0.15, 0.2) is 36.8 Å². The lowest BCUT2D eigenvalue weighted by Gasteiger charge is -2.12. The topological polar surface area (TPSA) is 69.0 Å². The first kappa shape index (κ1) is 12.1. The van der Waals surface area contributed by atoms with Gasteiger partial charge in [-0.2, -0.15) is 5.10 Å². The monoisotopic (exact) mass is 246 g/mol. The Bertz CT molecular complexity index is 507. The van der Waals surface area contributed by atoms with E-state index < -0.39 is 0 Å². The standard InChI is InChI=1S/C12H14N4O2/c1-9(16-7-3-6-14-16)12(17)15-10-4-5-11(18-2)13-8-10/h3-9H,1-2H3,(H,15,17). The van der Waals surface area contributed by atoms with Gasteiger partial charge in [-0.15, -0.1) is 0 Å². The number of pyridine rings is 1. The maximum absolute atomic E-state index is 11.9. The summed E-state index contributed by atoms with van der Waals surface area (Å²) < 4.78 is 6.53. The van der Waals surface area contributed by atoms with Crippen molar-refractivity contribution < 1.29 is 9.53 Å². The van der Waals surface area contributed by atoms with Crippen LogP contribution in [0.4, 0.5) is 5.69 Å². The molecule has 1 unspecified atom stereocenters. The minimum Gasteiger partial charge on any atom is -0.481 e. The first-order chi connectivity index (χ1) is 8.70. The number of rotatable bonds is 4. The van der Waals surface area contributed by atoms with Crippen molar-refractivity contribution in [3.05, 3.63) is 36.8 Å². The summed E-state index contributed by atoms with van der Waals surface area (Å²) in [5.74, 6) is 0.360. The molecule has 2 aromatic rings. The third kappa shape index (κ3) is 2.65. The highest BCUT2D eigenvalue weighted by molar-refractivity contribution is 5.93. The van der Waals surface area contributed by atoms with Crippen LogP contribution < -0.4 is 10.1 Å². The zero-order valence-electron chi connectivity index (χ0n) is 10.2. The number of anilines is 1. The molecule has 1 amide bonds. The predicted molar refractivity (Wildman–Crippen MR) is 66.4 cm³/mol. The number of carbonyl (C=O) groups excluding carboxylic acids is 1. The summed E-state index contributed by atoms with van der Waals surface area (Å²) in [4.78, 5) is 15.9. The Kier molecular flexibility index (Phi) is 3.57. The fraction of sp³-hybridized carbons (Fsp3) is 0.250. The third-order valence-electron chi connectivity index (χ3n) is 2.51. The molecular formula is C12H14N4O2. The summed E-state index contributed by atoms with van der Waals surface area (Å²) in [5, 5.41) is 6.79. The van der Waals surface area contributed by atoms with Crippen LogP contribution in [0.3, 0.4) is 0 Å². The van der Waals surface area contributed by atoms with Crippen molar-refractivity contribution in [2.45, 2.75) is 13.0 Å². The molecule has 0 spiro atoms. The second-order valence-electron chi connectivity index (χ2n) is 3.74. The van der Waals surface area contributed by atoms with Crippen molar-refractivity contribution in [1.29, 1.82) is 0 Å². The van der Waals surface area contributed by atoms with Crippen LogP contribution in [0, 0.1) is 0 Å². The molecule has 0 fully saturated rings. The van der Waals surface area contributed by atoms with E-state index in [-0.39, 0.29) is 11.9 Å². The number of nitrogens with zero attached hydrogens (tertiary/aromatic N) is 3. The Morgan fingerprint density at radius 1 is 1.50 bits per heavy atom. The average Bonchev–Trinajstić information content (AvgIpc) is 2.92. The molecule has 94 valence electrons. The van der Waals surface area contributed by atoms with E-state index in [1.54, 1.807) is 55.5 Å². The summed E-state index contributed by atoms with van der Waals surface area (Å²) in [6.45, 7) is 1.78. The van der Waals surface area contributed by atoms with E-state index in [1.807, 2.05) is 0 Å². The summed E-state index contributed by atoms with van der Waals surface area (Å²) in [7, 11) is 1.54. The molecule has 1 N–H and O–H groups in total. The number of amides is 1. The van der Waals surface area contributed by atoms with Gasteiger partial charge >= 0.3 is 0 Å². The molecule has 0 saturated heterocycles. The smallest absolute Gasteiger partial charge is 0.248 e. The number of carbonyl (C=O) groups is 1. The number of hydrogen-bond donors (Lipinski definition) is 1. The zero-order chi connectivity index (χ0) is 13.0. The van der Waals surface area contributed by atoms with E-state index in [4.69, 9.17) is 4.74 Å². The lowest BCUT2D eigenvalue weighted by Crippen LogP contribution is -2.24. The van der Waals surface area contributed by atoms with Crippen molar-refractivity contribution in [2.75, 3.05) is 12.4 Å². The highest BCUT2D eigenvalue weighted by atomic mass is 16.5. The van der Waals surface area contributed by atoms with E-state index in [0.717, 1.165) is 0 Å². The first-order valence-electron chi connectivity index (χ1n) is 5.50. The molecule has 6 heteroatoms. The first-order valence-corrected chi connectivity index (χ1v) is 5.50. The molecule has 2 rings (SSSR count). The highest BCUT2D eigenvalue weighted by Crippen LogP contribution is 2.13. The van der Waals surface area contributed by atoms with Gasteiger partial charge in [0.1, 0.15) is 6.04 Å². The Hall–Kier alpha value is -2.37. The van der Waals surface area contributed by atoms with Crippen LogP contribution in [-0.4, -0.2) is 27.8 Å². The largest absolute Gasteiger partial charge is 0.481 e. The minimum absolute atomic E-state index is 0.148. The zero-order valence-corrected chi connectivity index (χ0v) is 10.2. The summed E-state index contributed by atoms with van der Waals surface area (Å²) in [6.07, 6.45) is 4.93. The van der Waals surface area contributed by atoms with Gasteiger partial charge in [0.2, 0.25) is 11.8 Å². The molecular weight excluding hydrogens is 232 g/mol. The lowest BCUT2D eigenvalue weighted by atomic mass is 10.3. The maximum atomic E-state index is 11.9. The molecule has 18 heavy (non-hydrogen) atoms. The summed E-state index contributed by atoms with van der Waals surface area (Å²) in [6, 6.07) is 4.83. The number of methoxy groups -OCH3 is 1. The Morgan fingerprint density at radius 2 is 2.33 bits per heavy atom. The SMILES string of the molecule is COc1ccc(NC(=O)C(C)n2cccn2)cn1. The van der Waals surface area contributed by atoms with E-state index in [9.17, 15) is 4.79 Å². The molecule has 2 aromatic heterocycles. The summed E-state index contributed by atoms with van der Waals surface area (Å²) in [5.41, 5.74) is 0.625. The van der Waals surface area contributed by atoms with Gasteiger partial charge in [0.25, 0.3) is 0 Å². The quantitative estimate of drug-likeness (QED) is 0.887. The molecule has 0 saturated carbocycles. The normalized spacial score (nSPS) is 11.9. The fourth-order valence-electron chi connectivity index (χ4n) is 1.45. The van der Waals surface area contributed by atoms with Gasteiger partial charge in [-0.05, 0) is 19.1 Å². The second kappa shape index (κ2) is 5.31. The van der Waals surface area contributed by atoms with E-state index in [1.165, 1.54) is 0 Å². The Balaban J connectivity index is 2.02. The van der Waals surface area contributed by atoms with Gasteiger partial charge in [-0.3, -0.25) is 9.48 Å². The van der Waals surface area contributed by atoms with Gasteiger partial charge in [0.15, 0.2) is 0 Å². The number of hydrogen-bond acceptors (Lipinski definition) is 4. The van der Waals surface area contributed by atoms with Gasteiger partial charge in [-0.1, -0.05) is 0 Å². The van der Waals surface area contributed by atoms with Crippen LogP contribution in [-0.2, 0) is 4.79 Å². The molecule has 0 bridgehead atoms. The van der Waals surface area contributed by atoms with Crippen LogP contribution in [0.1, 0.15) is 13.0 Å². The molecule has 0 aromatic carbocycles. The van der Waals surface area contributed by atoms with Gasteiger partial charge in [-0.25, -0.2) is 4.98 Å². The van der Waals surface area contributed by atoms with Crippen molar-refractivity contribution in [1.82, 2.24) is 14.8 Å². The van der Waals surface area contributed by atoms with Crippen molar-refractivity contribution in [2.24, 2.45) is 0 Å². The maximum Gasteiger partial charge on any atom is 0.248 e. The summed E-state index contributed by atoms with van der Waals surface area (Å²) >= 11 is 0. The van der Waals surface area contributed by atoms with Crippen molar-refractivity contribution in [3.8, 4) is 5.88 Å². The van der Waals surface area contributed by atoms with Crippen LogP contribution in [0.2, 0.25) is 0 Å². The molecule has 1 atom stereocenters. The minimum atomic E-state index is -0.373. The van der Waals surface area contributed by atoms with E-state index in [0.29, 0.717) is 11.6 Å². The number of aromatic nitrogens is 3. The highest BCUT2D eigenvalue weighted by Gasteiger charge is 2.14. The number of nitrogens with one attached hydrogen (secondary N) is 1. The van der Waals surface area contributed by atoms with Crippen molar-refractivity contribution in [3.63, 3.8) is 0 Å². The lowest BCUT2D eigenvalue weighted by molar-refractivity contribution is -0.119. The molecule has 0 aliphatic heterocycles. The molecule has 6 nitrogen and oxygen atoms in total. The van der Waals surface area contributed by atoms with Crippen LogP contribution in [0.5, 0.6) is 5.88 Å². The van der Waals surface area contributed by atoms with Gasteiger partial charge in [0.05, 0.1) is 19.0 Å². The molecule has 0 radical (unpaired) electrons. The molecule has 0 aliphatic carbocycles. The van der Waals surface area contributed by atoms with Crippen molar-refractivity contribution >= 4 is 11.6 Å². The van der Waals surface area contributed by atoms with Crippen LogP contribution in [0.25, 0.3) is 0 Å². The molecule has 2 heterocycles. The van der Waals surface area contributed by atoms with Gasteiger partial charge in [0, 0.05) is 18.5 Å². The fourth-order valence-corrected chi connectivity index (χ4v) is 1.45. The predicted octanol–water partition coefficient (Wildman–Crippen LogP) is 1.49. The van der Waals surface area contributed by atoms with E-state index in [2.05, 4.69) is 15.4 Å². The Labute approximate surface area is 105 Å². The Morgan fingerprint density at radius 3 is 2.89 bits per heavy atom. The molecule has 0 aliphatic rings. The van der Waals surface area contributed by atoms with Crippen LogP contribution >= 0.6 is 0 Å². The second-order valence-corrected chi connectivity index (χ2v) is 3.74. The van der Waals surface area contributed by atoms with E-state index >= 15 is 0 Å². The number of ether oxygens (including phenoxy) is 1.